The van der Waals surface area contributed by atoms with Crippen molar-refractivity contribution in [3.63, 3.8) is 0 Å². The van der Waals surface area contributed by atoms with E-state index in [1.807, 2.05) is 6.92 Å². The van der Waals surface area contributed by atoms with E-state index in [0.717, 1.165) is 0 Å². The predicted octanol–water partition coefficient (Wildman–Crippen LogP) is 1.11. The van der Waals surface area contributed by atoms with Crippen molar-refractivity contribution < 1.29 is 14.7 Å². The van der Waals surface area contributed by atoms with Gasteiger partial charge >= 0.3 is 5.97 Å². The van der Waals surface area contributed by atoms with E-state index in [-0.39, 0.29) is 12.3 Å². The number of aliphatic carboxylic acids is 1. The van der Waals surface area contributed by atoms with Crippen molar-refractivity contribution in [1.82, 2.24) is 10.3 Å². The molecule has 1 rings (SSSR count). The van der Waals surface area contributed by atoms with E-state index in [4.69, 9.17) is 5.11 Å². The Morgan fingerprint density at radius 3 is 2.72 bits per heavy atom. The van der Waals surface area contributed by atoms with Gasteiger partial charge in [-0.1, -0.05) is 0 Å². The Morgan fingerprint density at radius 1 is 1.39 bits per heavy atom. The molecule has 6 heteroatoms. The average molecular weight is 251 g/mol. The van der Waals surface area contributed by atoms with E-state index in [2.05, 4.69) is 15.6 Å². The predicted molar refractivity (Wildman–Crippen MR) is 67.6 cm³/mol. The Bertz CT molecular complexity index is 404. The molecule has 0 aromatic carbocycles. The third-order valence-electron chi connectivity index (χ3n) is 2.24. The Labute approximate surface area is 105 Å². The Hall–Kier alpha value is -2.11. The van der Waals surface area contributed by atoms with E-state index in [9.17, 15) is 9.59 Å². The zero-order valence-corrected chi connectivity index (χ0v) is 10.3. The van der Waals surface area contributed by atoms with Crippen LogP contribution in [0.15, 0.2) is 18.3 Å². The maximum Gasteiger partial charge on any atom is 0.303 e. The van der Waals surface area contributed by atoms with E-state index < -0.39 is 5.97 Å². The van der Waals surface area contributed by atoms with Gasteiger partial charge in [0.05, 0.1) is 5.56 Å². The number of nitrogens with zero attached hydrogens (tertiary/aromatic N) is 1. The summed E-state index contributed by atoms with van der Waals surface area (Å²) < 4.78 is 0. The van der Waals surface area contributed by atoms with Crippen molar-refractivity contribution in [2.24, 2.45) is 0 Å². The zero-order valence-electron chi connectivity index (χ0n) is 10.3. The molecule has 1 aromatic heterocycles. The molecule has 0 aliphatic heterocycles. The number of carbonyl (C=O) groups is 2. The Kier molecular flexibility index (Phi) is 5.63. The van der Waals surface area contributed by atoms with Crippen LogP contribution in [0.2, 0.25) is 0 Å². The molecule has 18 heavy (non-hydrogen) atoms. The second-order valence-electron chi connectivity index (χ2n) is 3.72. The zero-order chi connectivity index (χ0) is 13.4. The van der Waals surface area contributed by atoms with Gasteiger partial charge < -0.3 is 15.7 Å². The highest BCUT2D eigenvalue weighted by Gasteiger charge is 2.04. The first-order valence-corrected chi connectivity index (χ1v) is 5.83. The number of amides is 1. The summed E-state index contributed by atoms with van der Waals surface area (Å²) in [6.45, 7) is 2.97. The van der Waals surface area contributed by atoms with Crippen molar-refractivity contribution in [3.05, 3.63) is 23.9 Å². The lowest BCUT2D eigenvalue weighted by molar-refractivity contribution is -0.137. The van der Waals surface area contributed by atoms with Crippen molar-refractivity contribution in [3.8, 4) is 0 Å². The van der Waals surface area contributed by atoms with Crippen molar-refractivity contribution >= 4 is 17.7 Å². The molecule has 0 radical (unpaired) electrons. The molecule has 0 fully saturated rings. The van der Waals surface area contributed by atoms with Gasteiger partial charge in [0.25, 0.3) is 5.91 Å². The standard InChI is InChI=1S/C12H17N3O3/c1-2-13-12(18)9-5-6-10(15-8-9)14-7-3-4-11(16)17/h5-6,8H,2-4,7H2,1H3,(H,13,18)(H,14,15)(H,16,17). The average Bonchev–Trinajstić information content (AvgIpc) is 2.35. The number of aromatic nitrogens is 1. The number of anilines is 1. The van der Waals surface area contributed by atoms with E-state index in [1.54, 1.807) is 12.1 Å². The molecule has 98 valence electrons. The van der Waals surface area contributed by atoms with Crippen LogP contribution in [0.4, 0.5) is 5.82 Å². The van der Waals surface area contributed by atoms with Crippen molar-refractivity contribution in [2.45, 2.75) is 19.8 Å². The van der Waals surface area contributed by atoms with Crippen molar-refractivity contribution in [2.75, 3.05) is 18.4 Å². The van der Waals surface area contributed by atoms with Crippen LogP contribution in [0.1, 0.15) is 30.1 Å². The minimum atomic E-state index is -0.809. The quantitative estimate of drug-likeness (QED) is 0.631. The van der Waals surface area contributed by atoms with Gasteiger partial charge in [-0.3, -0.25) is 9.59 Å². The molecule has 0 bridgehead atoms. The first-order chi connectivity index (χ1) is 8.63. The van der Waals surface area contributed by atoms with Gasteiger partial charge in [-0.25, -0.2) is 4.98 Å². The number of nitrogens with one attached hydrogen (secondary N) is 2. The topological polar surface area (TPSA) is 91.3 Å². The van der Waals surface area contributed by atoms with Gasteiger partial charge in [-0.2, -0.15) is 0 Å². The van der Waals surface area contributed by atoms with Crippen LogP contribution < -0.4 is 10.6 Å². The summed E-state index contributed by atoms with van der Waals surface area (Å²) in [4.78, 5) is 25.8. The highest BCUT2D eigenvalue weighted by atomic mass is 16.4. The second-order valence-corrected chi connectivity index (χ2v) is 3.72. The fourth-order valence-electron chi connectivity index (χ4n) is 1.35. The molecular formula is C12H17N3O3. The van der Waals surface area contributed by atoms with Gasteiger partial charge in [-0.15, -0.1) is 0 Å². The summed E-state index contributed by atoms with van der Waals surface area (Å²) in [6.07, 6.45) is 2.16. The lowest BCUT2D eigenvalue weighted by Crippen LogP contribution is -2.22. The summed E-state index contributed by atoms with van der Waals surface area (Å²) in [7, 11) is 0. The minimum absolute atomic E-state index is 0.129. The highest BCUT2D eigenvalue weighted by Crippen LogP contribution is 2.05. The summed E-state index contributed by atoms with van der Waals surface area (Å²) in [6, 6.07) is 3.38. The summed E-state index contributed by atoms with van der Waals surface area (Å²) in [5.74, 6) is -0.327. The third kappa shape index (κ3) is 4.82. The minimum Gasteiger partial charge on any atom is -0.481 e. The first-order valence-electron chi connectivity index (χ1n) is 5.83. The highest BCUT2D eigenvalue weighted by molar-refractivity contribution is 5.93. The number of carbonyl (C=O) groups excluding carboxylic acids is 1. The van der Waals surface area contributed by atoms with Crippen LogP contribution in [0, 0.1) is 0 Å². The van der Waals surface area contributed by atoms with Crippen LogP contribution in [-0.2, 0) is 4.79 Å². The first kappa shape index (κ1) is 14.0. The molecule has 3 N–H and O–H groups in total. The van der Waals surface area contributed by atoms with Crippen molar-refractivity contribution in [1.29, 1.82) is 0 Å². The van der Waals surface area contributed by atoms with E-state index >= 15 is 0 Å². The molecule has 0 saturated heterocycles. The summed E-state index contributed by atoms with van der Waals surface area (Å²) in [5, 5.41) is 14.1. The molecule has 0 spiro atoms. The van der Waals surface area contributed by atoms with Gasteiger partial charge in [0.2, 0.25) is 0 Å². The molecule has 0 unspecified atom stereocenters. The van der Waals surface area contributed by atoms with Crippen LogP contribution in [-0.4, -0.2) is 35.1 Å². The smallest absolute Gasteiger partial charge is 0.303 e. The molecule has 0 atom stereocenters. The molecule has 0 saturated carbocycles. The molecule has 0 aliphatic rings. The van der Waals surface area contributed by atoms with Crippen LogP contribution >= 0.6 is 0 Å². The van der Waals surface area contributed by atoms with E-state index in [0.29, 0.717) is 30.9 Å². The number of carboxylic acid groups (broad SMARTS) is 1. The van der Waals surface area contributed by atoms with Crippen LogP contribution in [0.5, 0.6) is 0 Å². The summed E-state index contributed by atoms with van der Waals surface area (Å²) in [5.41, 5.74) is 0.507. The largest absolute Gasteiger partial charge is 0.481 e. The number of rotatable bonds is 7. The lowest BCUT2D eigenvalue weighted by atomic mass is 10.2. The Morgan fingerprint density at radius 2 is 2.17 bits per heavy atom. The fraction of sp³-hybridized carbons (Fsp3) is 0.417. The monoisotopic (exact) mass is 251 g/mol. The summed E-state index contributed by atoms with van der Waals surface area (Å²) >= 11 is 0. The number of hydrogen-bond donors (Lipinski definition) is 3. The van der Waals surface area contributed by atoms with Gasteiger partial charge in [0.1, 0.15) is 5.82 Å². The third-order valence-corrected chi connectivity index (χ3v) is 2.24. The second kappa shape index (κ2) is 7.26. The van der Waals surface area contributed by atoms with Crippen LogP contribution in [0.25, 0.3) is 0 Å². The number of pyridine rings is 1. The molecule has 1 aromatic rings. The van der Waals surface area contributed by atoms with Crippen LogP contribution in [0.3, 0.4) is 0 Å². The van der Waals surface area contributed by atoms with Gasteiger partial charge in [0.15, 0.2) is 0 Å². The molecular weight excluding hydrogens is 234 g/mol. The fourth-order valence-corrected chi connectivity index (χ4v) is 1.35. The van der Waals surface area contributed by atoms with E-state index in [1.165, 1.54) is 6.20 Å². The maximum atomic E-state index is 11.5. The molecule has 0 aliphatic carbocycles. The number of hydrogen-bond acceptors (Lipinski definition) is 4. The molecule has 6 nitrogen and oxygen atoms in total. The molecule has 1 heterocycles. The SMILES string of the molecule is CCNC(=O)c1ccc(NCCCC(=O)O)nc1. The number of carboxylic acids is 1. The molecule has 1 amide bonds. The Balaban J connectivity index is 2.40. The normalized spacial score (nSPS) is 9.83. The van der Waals surface area contributed by atoms with Gasteiger partial charge in [0, 0.05) is 25.7 Å². The lowest BCUT2D eigenvalue weighted by Gasteiger charge is -2.05. The van der Waals surface area contributed by atoms with Gasteiger partial charge in [-0.05, 0) is 25.5 Å². The maximum absolute atomic E-state index is 11.5.